The minimum Gasteiger partial charge on any atom is -0.337 e. The first-order valence-corrected chi connectivity index (χ1v) is 8.48. The fourth-order valence-electron chi connectivity index (χ4n) is 2.87. The zero-order valence-corrected chi connectivity index (χ0v) is 14.4. The van der Waals surface area contributed by atoms with E-state index in [0.29, 0.717) is 6.54 Å². The molecule has 0 saturated carbocycles. The molecule has 0 saturated heterocycles. The molecule has 3 nitrogen and oxygen atoms in total. The third-order valence-electron chi connectivity index (χ3n) is 4.00. The Morgan fingerprint density at radius 3 is 2.52 bits per heavy atom. The highest BCUT2D eigenvalue weighted by Gasteiger charge is 2.19. The lowest BCUT2D eigenvalue weighted by Gasteiger charge is -2.16. The summed E-state index contributed by atoms with van der Waals surface area (Å²) < 4.78 is 2.13. The van der Waals surface area contributed by atoms with Crippen molar-refractivity contribution in [3.8, 4) is 5.69 Å². The number of thiophene rings is 1. The molecule has 0 unspecified atom stereocenters. The Hall–Kier alpha value is -2.33. The average molecular weight is 324 g/mol. The zero-order chi connectivity index (χ0) is 16.4. The Morgan fingerprint density at radius 2 is 1.87 bits per heavy atom. The van der Waals surface area contributed by atoms with Crippen LogP contribution in [-0.2, 0) is 6.54 Å². The number of rotatable bonds is 4. The summed E-state index contributed by atoms with van der Waals surface area (Å²) in [5.41, 5.74) is 3.91. The second kappa shape index (κ2) is 6.42. The van der Waals surface area contributed by atoms with Crippen molar-refractivity contribution in [3.63, 3.8) is 0 Å². The van der Waals surface area contributed by atoms with Gasteiger partial charge in [-0.05, 0) is 43.5 Å². The summed E-state index contributed by atoms with van der Waals surface area (Å²) in [6.07, 6.45) is 0. The Morgan fingerprint density at radius 1 is 1.13 bits per heavy atom. The van der Waals surface area contributed by atoms with Crippen LogP contribution in [0.25, 0.3) is 5.69 Å². The van der Waals surface area contributed by atoms with Gasteiger partial charge in [-0.1, -0.05) is 24.3 Å². The molecule has 0 atom stereocenters. The fourth-order valence-corrected chi connectivity index (χ4v) is 3.62. The molecule has 2 aromatic heterocycles. The molecule has 0 bridgehead atoms. The largest absolute Gasteiger partial charge is 0.337 e. The number of hydrogen-bond donors (Lipinski definition) is 0. The van der Waals surface area contributed by atoms with Crippen LogP contribution in [0.1, 0.15) is 26.6 Å². The van der Waals surface area contributed by atoms with E-state index in [2.05, 4.69) is 22.8 Å². The first-order valence-electron chi connectivity index (χ1n) is 7.60. The number of benzene rings is 1. The van der Waals surface area contributed by atoms with Crippen LogP contribution in [0.3, 0.4) is 0 Å². The molecule has 1 aromatic carbocycles. The van der Waals surface area contributed by atoms with Crippen LogP contribution in [0, 0.1) is 13.8 Å². The monoisotopic (exact) mass is 324 g/mol. The van der Waals surface area contributed by atoms with Gasteiger partial charge < -0.3 is 9.47 Å². The molecule has 0 N–H and O–H groups in total. The van der Waals surface area contributed by atoms with Crippen molar-refractivity contribution in [2.75, 3.05) is 7.05 Å². The zero-order valence-electron chi connectivity index (χ0n) is 13.6. The van der Waals surface area contributed by atoms with E-state index in [1.807, 2.05) is 56.6 Å². The first kappa shape index (κ1) is 15.6. The van der Waals surface area contributed by atoms with E-state index in [1.54, 1.807) is 16.2 Å². The second-order valence-corrected chi connectivity index (χ2v) is 6.73. The number of hydrogen-bond acceptors (Lipinski definition) is 2. The fraction of sp³-hybridized carbons (Fsp3) is 0.211. The van der Waals surface area contributed by atoms with Crippen molar-refractivity contribution in [1.29, 1.82) is 0 Å². The van der Waals surface area contributed by atoms with Crippen molar-refractivity contribution >= 4 is 17.2 Å². The van der Waals surface area contributed by atoms with Gasteiger partial charge in [0, 0.05) is 29.0 Å². The molecule has 0 spiro atoms. The van der Waals surface area contributed by atoms with Gasteiger partial charge in [-0.3, -0.25) is 4.79 Å². The number of amides is 1. The van der Waals surface area contributed by atoms with Gasteiger partial charge in [0.1, 0.15) is 0 Å². The molecule has 0 aliphatic rings. The molecule has 3 rings (SSSR count). The van der Waals surface area contributed by atoms with E-state index >= 15 is 0 Å². The van der Waals surface area contributed by atoms with E-state index in [9.17, 15) is 4.79 Å². The van der Waals surface area contributed by atoms with E-state index < -0.39 is 0 Å². The van der Waals surface area contributed by atoms with E-state index in [-0.39, 0.29) is 5.91 Å². The Labute approximate surface area is 140 Å². The third kappa shape index (κ3) is 3.08. The molecular weight excluding hydrogens is 304 g/mol. The topological polar surface area (TPSA) is 25.2 Å². The summed E-state index contributed by atoms with van der Waals surface area (Å²) in [5, 5.41) is 2.04. The highest BCUT2D eigenvalue weighted by Crippen LogP contribution is 2.22. The van der Waals surface area contributed by atoms with Crippen LogP contribution in [0.5, 0.6) is 0 Å². The summed E-state index contributed by atoms with van der Waals surface area (Å²) in [4.78, 5) is 15.8. The van der Waals surface area contributed by atoms with E-state index in [4.69, 9.17) is 0 Å². The van der Waals surface area contributed by atoms with Gasteiger partial charge in [0.15, 0.2) is 0 Å². The number of para-hydroxylation sites is 1. The molecule has 4 heteroatoms. The highest BCUT2D eigenvalue weighted by molar-refractivity contribution is 7.09. The van der Waals surface area contributed by atoms with Crippen LogP contribution in [-0.4, -0.2) is 22.4 Å². The van der Waals surface area contributed by atoms with Gasteiger partial charge >= 0.3 is 0 Å². The minimum atomic E-state index is 0.0636. The predicted molar refractivity (Wildman–Crippen MR) is 95.4 cm³/mol. The smallest absolute Gasteiger partial charge is 0.255 e. The summed E-state index contributed by atoms with van der Waals surface area (Å²) in [7, 11) is 1.86. The Bertz CT molecular complexity index is 804. The number of aromatic nitrogens is 1. The molecule has 0 fully saturated rings. The minimum absolute atomic E-state index is 0.0636. The molecule has 3 aromatic rings. The quantitative estimate of drug-likeness (QED) is 0.697. The SMILES string of the molecule is Cc1cc(C(=O)N(C)Cc2cccs2)c(C)n1-c1ccccc1. The molecule has 1 amide bonds. The van der Waals surface area contributed by atoms with Gasteiger partial charge in [0.25, 0.3) is 5.91 Å². The molecule has 118 valence electrons. The normalized spacial score (nSPS) is 10.7. The lowest BCUT2D eigenvalue weighted by molar-refractivity contribution is 0.0786. The highest BCUT2D eigenvalue weighted by atomic mass is 32.1. The van der Waals surface area contributed by atoms with E-state index in [0.717, 1.165) is 22.6 Å². The molecule has 2 heterocycles. The van der Waals surface area contributed by atoms with E-state index in [1.165, 1.54) is 4.88 Å². The van der Waals surface area contributed by atoms with Crippen LogP contribution in [0.4, 0.5) is 0 Å². The van der Waals surface area contributed by atoms with Crippen molar-refractivity contribution in [2.45, 2.75) is 20.4 Å². The summed E-state index contributed by atoms with van der Waals surface area (Å²) in [5.74, 6) is 0.0636. The first-order chi connectivity index (χ1) is 11.1. The van der Waals surface area contributed by atoms with Gasteiger partial charge in [-0.25, -0.2) is 0 Å². The Kier molecular flexibility index (Phi) is 4.35. The lowest BCUT2D eigenvalue weighted by atomic mass is 10.2. The van der Waals surface area contributed by atoms with Gasteiger partial charge in [-0.15, -0.1) is 11.3 Å². The molecule has 0 aliphatic heterocycles. The second-order valence-electron chi connectivity index (χ2n) is 5.70. The predicted octanol–water partition coefficient (Wildman–Crippen LogP) is 4.43. The maximum absolute atomic E-state index is 12.8. The summed E-state index contributed by atoms with van der Waals surface area (Å²) in [6, 6.07) is 16.2. The summed E-state index contributed by atoms with van der Waals surface area (Å²) >= 11 is 1.67. The molecular formula is C19H20N2OS. The molecule has 0 aliphatic carbocycles. The maximum Gasteiger partial charge on any atom is 0.255 e. The van der Waals surface area contributed by atoms with Crippen molar-refractivity contribution in [1.82, 2.24) is 9.47 Å². The van der Waals surface area contributed by atoms with Crippen LogP contribution in [0.15, 0.2) is 53.9 Å². The molecule has 0 radical (unpaired) electrons. The summed E-state index contributed by atoms with van der Waals surface area (Å²) in [6.45, 7) is 4.69. The van der Waals surface area contributed by atoms with Crippen LogP contribution in [0.2, 0.25) is 0 Å². The average Bonchev–Trinajstić information content (AvgIpc) is 3.15. The number of aryl methyl sites for hydroxylation is 1. The molecule has 23 heavy (non-hydrogen) atoms. The van der Waals surface area contributed by atoms with Gasteiger partial charge in [0.05, 0.1) is 12.1 Å². The Balaban J connectivity index is 1.90. The maximum atomic E-state index is 12.8. The van der Waals surface area contributed by atoms with Crippen molar-refractivity contribution in [2.24, 2.45) is 0 Å². The number of carbonyl (C=O) groups is 1. The lowest BCUT2D eigenvalue weighted by Crippen LogP contribution is -2.26. The third-order valence-corrected chi connectivity index (χ3v) is 4.86. The van der Waals surface area contributed by atoms with Gasteiger partial charge in [-0.2, -0.15) is 0 Å². The van der Waals surface area contributed by atoms with Gasteiger partial charge in [0.2, 0.25) is 0 Å². The van der Waals surface area contributed by atoms with Crippen LogP contribution < -0.4 is 0 Å². The van der Waals surface area contributed by atoms with Crippen molar-refractivity contribution < 1.29 is 4.79 Å². The standard InChI is InChI=1S/C19H20N2OS/c1-14-12-18(15(2)21(14)16-8-5-4-6-9-16)19(22)20(3)13-17-10-7-11-23-17/h4-12H,13H2,1-3H3. The van der Waals surface area contributed by atoms with Crippen LogP contribution >= 0.6 is 11.3 Å². The number of nitrogens with zero attached hydrogens (tertiary/aromatic N) is 2. The number of carbonyl (C=O) groups excluding carboxylic acids is 1. The van der Waals surface area contributed by atoms with Crippen molar-refractivity contribution in [3.05, 3.63) is 75.7 Å².